The van der Waals surface area contributed by atoms with Gasteiger partial charge in [0.15, 0.2) is 0 Å². The molecule has 2 heteroatoms. The van der Waals surface area contributed by atoms with Crippen molar-refractivity contribution in [1.82, 2.24) is 5.32 Å². The van der Waals surface area contributed by atoms with Crippen LogP contribution in [0.3, 0.4) is 0 Å². The van der Waals surface area contributed by atoms with E-state index in [2.05, 4.69) is 39.5 Å². The lowest BCUT2D eigenvalue weighted by Gasteiger charge is -2.17. The van der Waals surface area contributed by atoms with Crippen LogP contribution in [0.1, 0.15) is 16.1 Å². The molecule has 0 spiro atoms. The third-order valence-corrected chi connectivity index (χ3v) is 2.53. The normalized spacial score (nSPS) is 20.6. The third-order valence-electron chi connectivity index (χ3n) is 1.77. The molecule has 1 nitrogen and oxygen atoms in total. The van der Waals surface area contributed by atoms with E-state index in [0.717, 1.165) is 0 Å². The average Bonchev–Trinajstić information content (AvgIpc) is 2.06. The highest BCUT2D eigenvalue weighted by atomic mass is 79.9. The molecule has 1 heterocycles. The number of nitrogens with one attached hydrogen (secondary N) is 1. The molecule has 1 aromatic rings. The van der Waals surface area contributed by atoms with E-state index in [1.807, 2.05) is 18.3 Å². The van der Waals surface area contributed by atoms with Gasteiger partial charge in [-0.2, -0.15) is 0 Å². The summed E-state index contributed by atoms with van der Waals surface area (Å²) >= 11 is 3.52. The van der Waals surface area contributed by atoms with Gasteiger partial charge in [-0.25, -0.2) is 0 Å². The number of rotatable bonds is 0. The Labute approximate surface area is 74.2 Å². The Hall–Kier alpha value is -0.760. The molecule has 0 saturated carbocycles. The molecule has 1 aliphatic heterocycles. The van der Waals surface area contributed by atoms with Gasteiger partial charge in [-0.3, -0.25) is 0 Å². The van der Waals surface area contributed by atoms with E-state index in [1.54, 1.807) is 0 Å². The lowest BCUT2D eigenvalue weighted by atomic mass is 10.1. The van der Waals surface area contributed by atoms with Crippen molar-refractivity contribution in [3.8, 4) is 0 Å². The van der Waals surface area contributed by atoms with Crippen LogP contribution in [0.15, 0.2) is 30.5 Å². The van der Waals surface area contributed by atoms with E-state index in [4.69, 9.17) is 0 Å². The molecule has 0 bridgehead atoms. The lowest BCUT2D eigenvalue weighted by Crippen LogP contribution is -2.13. The Morgan fingerprint density at radius 2 is 2.09 bits per heavy atom. The molecule has 56 valence electrons. The van der Waals surface area contributed by atoms with E-state index in [-0.39, 0.29) is 4.95 Å². The van der Waals surface area contributed by atoms with Crippen LogP contribution in [-0.4, -0.2) is 0 Å². The fourth-order valence-electron chi connectivity index (χ4n) is 1.21. The van der Waals surface area contributed by atoms with E-state index in [9.17, 15) is 0 Å². The Morgan fingerprint density at radius 1 is 1.27 bits per heavy atom. The van der Waals surface area contributed by atoms with Crippen molar-refractivity contribution >= 4 is 22.0 Å². The molecule has 0 amide bonds. The Balaban J connectivity index is 2.54. The molecule has 0 saturated heterocycles. The van der Waals surface area contributed by atoms with Crippen molar-refractivity contribution in [3.05, 3.63) is 41.6 Å². The van der Waals surface area contributed by atoms with Crippen LogP contribution in [0.2, 0.25) is 0 Å². The summed E-state index contributed by atoms with van der Waals surface area (Å²) in [5, 5.41) is 3.17. The minimum Gasteiger partial charge on any atom is -0.375 e. The van der Waals surface area contributed by atoms with Crippen LogP contribution in [-0.2, 0) is 0 Å². The first-order valence-electron chi connectivity index (χ1n) is 3.53. The van der Waals surface area contributed by atoms with Crippen LogP contribution in [0.4, 0.5) is 0 Å². The summed E-state index contributed by atoms with van der Waals surface area (Å²) in [5.41, 5.74) is 2.59. The minimum absolute atomic E-state index is 0.267. The van der Waals surface area contributed by atoms with Gasteiger partial charge in [0.05, 0.1) is 0 Å². The minimum atomic E-state index is 0.267. The Morgan fingerprint density at radius 3 is 2.91 bits per heavy atom. The predicted molar refractivity (Wildman–Crippen MR) is 50.3 cm³/mol. The van der Waals surface area contributed by atoms with Crippen molar-refractivity contribution in [2.75, 3.05) is 0 Å². The lowest BCUT2D eigenvalue weighted by molar-refractivity contribution is 0.848. The van der Waals surface area contributed by atoms with Crippen molar-refractivity contribution in [2.45, 2.75) is 4.95 Å². The second-order valence-corrected chi connectivity index (χ2v) is 3.41. The van der Waals surface area contributed by atoms with Crippen LogP contribution in [0.5, 0.6) is 0 Å². The smallest absolute Gasteiger partial charge is 0.108 e. The monoisotopic (exact) mass is 209 g/mol. The SMILES string of the molecule is BrC1NC=Cc2ccccc21. The van der Waals surface area contributed by atoms with Crippen molar-refractivity contribution in [3.63, 3.8) is 0 Å². The number of halogens is 1. The maximum Gasteiger partial charge on any atom is 0.108 e. The van der Waals surface area contributed by atoms with Crippen LogP contribution in [0.25, 0.3) is 6.08 Å². The highest BCUT2D eigenvalue weighted by Crippen LogP contribution is 2.26. The molecule has 1 unspecified atom stereocenters. The average molecular weight is 210 g/mol. The van der Waals surface area contributed by atoms with E-state index < -0.39 is 0 Å². The largest absolute Gasteiger partial charge is 0.375 e. The molecule has 1 N–H and O–H groups in total. The maximum absolute atomic E-state index is 3.52. The molecule has 1 aromatic carbocycles. The van der Waals surface area contributed by atoms with Gasteiger partial charge in [-0.1, -0.05) is 40.2 Å². The zero-order valence-electron chi connectivity index (χ0n) is 5.92. The second kappa shape index (κ2) is 2.70. The number of benzene rings is 1. The summed E-state index contributed by atoms with van der Waals surface area (Å²) in [6.07, 6.45) is 4.04. The van der Waals surface area contributed by atoms with Gasteiger partial charge < -0.3 is 5.32 Å². The molecular formula is C9H8BrN. The first kappa shape index (κ1) is 6.92. The van der Waals surface area contributed by atoms with E-state index >= 15 is 0 Å². The van der Waals surface area contributed by atoms with Gasteiger partial charge in [0.1, 0.15) is 4.95 Å². The summed E-state index contributed by atoms with van der Waals surface area (Å²) in [6.45, 7) is 0. The van der Waals surface area contributed by atoms with Gasteiger partial charge in [-0.15, -0.1) is 0 Å². The molecule has 0 fully saturated rings. The molecule has 1 atom stereocenters. The number of hydrogen-bond acceptors (Lipinski definition) is 1. The number of alkyl halides is 1. The standard InChI is InChI=1S/C9H8BrN/c10-9-8-4-2-1-3-7(8)5-6-11-9/h1-6,9,11H. The maximum atomic E-state index is 3.52. The fourth-order valence-corrected chi connectivity index (χ4v) is 1.78. The molecule has 0 radical (unpaired) electrons. The quantitative estimate of drug-likeness (QED) is 0.512. The van der Waals surface area contributed by atoms with Crippen molar-refractivity contribution in [2.24, 2.45) is 0 Å². The topological polar surface area (TPSA) is 12.0 Å². The van der Waals surface area contributed by atoms with Gasteiger partial charge in [0.25, 0.3) is 0 Å². The number of hydrogen-bond donors (Lipinski definition) is 1. The van der Waals surface area contributed by atoms with E-state index in [1.165, 1.54) is 11.1 Å². The van der Waals surface area contributed by atoms with Gasteiger partial charge in [0.2, 0.25) is 0 Å². The first-order chi connectivity index (χ1) is 5.38. The first-order valence-corrected chi connectivity index (χ1v) is 4.45. The van der Waals surface area contributed by atoms with Crippen LogP contribution >= 0.6 is 15.9 Å². The molecule has 11 heavy (non-hydrogen) atoms. The zero-order chi connectivity index (χ0) is 7.68. The summed E-state index contributed by atoms with van der Waals surface area (Å²) in [6, 6.07) is 8.33. The molecular weight excluding hydrogens is 202 g/mol. The second-order valence-electron chi connectivity index (χ2n) is 2.49. The third kappa shape index (κ3) is 1.18. The van der Waals surface area contributed by atoms with Gasteiger partial charge in [0, 0.05) is 0 Å². The van der Waals surface area contributed by atoms with Crippen LogP contribution < -0.4 is 5.32 Å². The molecule has 0 aromatic heterocycles. The van der Waals surface area contributed by atoms with Gasteiger partial charge in [-0.05, 0) is 23.4 Å². The molecule has 2 rings (SSSR count). The van der Waals surface area contributed by atoms with Gasteiger partial charge >= 0.3 is 0 Å². The summed E-state index contributed by atoms with van der Waals surface area (Å²) in [7, 11) is 0. The summed E-state index contributed by atoms with van der Waals surface area (Å²) in [4.78, 5) is 0.267. The fraction of sp³-hybridized carbons (Fsp3) is 0.111. The molecule has 1 aliphatic rings. The summed E-state index contributed by atoms with van der Waals surface area (Å²) in [5.74, 6) is 0. The Kier molecular flexibility index (Phi) is 1.70. The number of fused-ring (bicyclic) bond motifs is 1. The predicted octanol–water partition coefficient (Wildman–Crippen LogP) is 2.65. The van der Waals surface area contributed by atoms with E-state index in [0.29, 0.717) is 0 Å². The Bertz CT molecular complexity index is 293. The molecule has 0 aliphatic carbocycles. The van der Waals surface area contributed by atoms with Crippen LogP contribution in [0, 0.1) is 0 Å². The highest BCUT2D eigenvalue weighted by molar-refractivity contribution is 9.09. The highest BCUT2D eigenvalue weighted by Gasteiger charge is 2.10. The zero-order valence-corrected chi connectivity index (χ0v) is 7.51. The van der Waals surface area contributed by atoms with Crippen molar-refractivity contribution < 1.29 is 0 Å². The summed E-state index contributed by atoms with van der Waals surface area (Å²) < 4.78 is 0. The van der Waals surface area contributed by atoms with Crippen molar-refractivity contribution in [1.29, 1.82) is 0 Å².